The zero-order valence-corrected chi connectivity index (χ0v) is 38.6. The van der Waals surface area contributed by atoms with Crippen LogP contribution >= 0.6 is 0 Å². The van der Waals surface area contributed by atoms with E-state index in [4.69, 9.17) is 42.3 Å². The maximum Gasteiger partial charge on any atom is 0.261 e. The molecule has 342 valence electrons. The molecule has 1 aliphatic carbocycles. The van der Waals surface area contributed by atoms with Gasteiger partial charge in [-0.15, -0.1) is 0 Å². The lowest BCUT2D eigenvalue weighted by atomic mass is 9.84. The third-order valence-electron chi connectivity index (χ3n) is 11.5. The molecule has 65 heavy (non-hydrogen) atoms. The highest BCUT2D eigenvalue weighted by molar-refractivity contribution is 6.99. The molecule has 0 aromatic heterocycles. The molecular formula is C54H62O10Si. The van der Waals surface area contributed by atoms with Crippen molar-refractivity contribution in [1.82, 2.24) is 0 Å². The largest absolute Gasteiger partial charge is 0.399 e. The summed E-state index contributed by atoms with van der Waals surface area (Å²) >= 11 is 0. The van der Waals surface area contributed by atoms with Crippen LogP contribution in [0.3, 0.4) is 0 Å². The van der Waals surface area contributed by atoms with Crippen LogP contribution in [-0.4, -0.2) is 77.2 Å². The van der Waals surface area contributed by atoms with Gasteiger partial charge in [0.05, 0.1) is 26.4 Å². The Hall–Kier alpha value is -4.86. The zero-order chi connectivity index (χ0) is 45.2. The lowest BCUT2D eigenvalue weighted by Gasteiger charge is -2.53. The van der Waals surface area contributed by atoms with Crippen molar-refractivity contribution in [3.63, 3.8) is 0 Å². The number of hydrogen-bond donors (Lipinski definition) is 1. The molecule has 0 amide bonds. The first kappa shape index (κ1) is 48.1. The van der Waals surface area contributed by atoms with Gasteiger partial charge >= 0.3 is 0 Å². The first-order valence-electron chi connectivity index (χ1n) is 22.2. The number of ether oxygens (including phenoxy) is 8. The monoisotopic (exact) mass is 898 g/mol. The minimum atomic E-state index is -3.36. The van der Waals surface area contributed by atoms with Crippen LogP contribution in [0.5, 0.6) is 0 Å². The van der Waals surface area contributed by atoms with Crippen LogP contribution in [0.2, 0.25) is 5.04 Å². The third kappa shape index (κ3) is 13.2. The molecule has 0 bridgehead atoms. The summed E-state index contributed by atoms with van der Waals surface area (Å²) in [7, 11) is -3.36. The van der Waals surface area contributed by atoms with Gasteiger partial charge in [0.1, 0.15) is 63.8 Å². The molecule has 0 aliphatic heterocycles. The highest BCUT2D eigenvalue weighted by Gasteiger charge is 2.59. The highest BCUT2D eigenvalue weighted by Crippen LogP contribution is 2.41. The molecule has 0 heterocycles. The average molecular weight is 899 g/mol. The molecule has 6 aromatic carbocycles. The molecular weight excluding hydrogens is 837 g/mol. The molecule has 6 aromatic rings. The predicted molar refractivity (Wildman–Crippen MR) is 252 cm³/mol. The van der Waals surface area contributed by atoms with Crippen LogP contribution < -0.4 is 10.4 Å². The van der Waals surface area contributed by atoms with E-state index in [1.807, 2.05) is 158 Å². The lowest BCUT2D eigenvalue weighted by Crippen LogP contribution is -2.74. The topological polar surface area (TPSA) is 103 Å². The van der Waals surface area contributed by atoms with E-state index in [0.717, 1.165) is 32.6 Å². The van der Waals surface area contributed by atoms with Gasteiger partial charge in [-0.05, 0) is 37.7 Å². The summed E-state index contributed by atoms with van der Waals surface area (Å²) in [4.78, 5) is 0. The van der Waals surface area contributed by atoms with E-state index < -0.39 is 50.0 Å². The minimum Gasteiger partial charge on any atom is -0.399 e. The van der Waals surface area contributed by atoms with Crippen LogP contribution in [0, 0.1) is 0 Å². The van der Waals surface area contributed by atoms with Gasteiger partial charge in [0.25, 0.3) is 8.32 Å². The maximum absolute atomic E-state index is 12.6. The molecule has 1 aliphatic rings. The van der Waals surface area contributed by atoms with E-state index in [-0.39, 0.29) is 27.2 Å². The van der Waals surface area contributed by atoms with Crippen LogP contribution in [-0.2, 0) is 68.7 Å². The Morgan fingerprint density at radius 2 is 0.631 bits per heavy atom. The number of rotatable bonds is 24. The van der Waals surface area contributed by atoms with E-state index in [9.17, 15) is 5.11 Å². The van der Waals surface area contributed by atoms with Gasteiger partial charge in [-0.2, -0.15) is 0 Å². The number of hydrogen-bond acceptors (Lipinski definition) is 10. The van der Waals surface area contributed by atoms with E-state index in [1.165, 1.54) is 0 Å². The van der Waals surface area contributed by atoms with Crippen molar-refractivity contribution in [3.8, 4) is 0 Å². The first-order chi connectivity index (χ1) is 31.8. The first-order valence-corrected chi connectivity index (χ1v) is 24.1. The molecule has 2 unspecified atom stereocenters. The van der Waals surface area contributed by atoms with E-state index in [2.05, 4.69) is 45.0 Å². The smallest absolute Gasteiger partial charge is 0.261 e. The highest BCUT2D eigenvalue weighted by atomic mass is 28.4. The zero-order valence-electron chi connectivity index (χ0n) is 37.6. The van der Waals surface area contributed by atoms with Gasteiger partial charge in [0, 0.05) is 0 Å². The second-order valence-electron chi connectivity index (χ2n) is 17.1. The molecule has 7 rings (SSSR count). The second-order valence-corrected chi connectivity index (χ2v) is 21.3. The SMILES string of the molecule is CC(C)(C)[Si](OC1[C@H](OCOCc2ccccc2)[C@H](OCOCc2ccccc2)C(O)[C@H](OCOCc2ccccc2)[C@H]1OCOCc1ccccc1)(c1ccccc1)c1ccccc1. The van der Waals surface area contributed by atoms with Gasteiger partial charge < -0.3 is 47.4 Å². The Labute approximate surface area is 385 Å². The Balaban J connectivity index is 1.28. The fraction of sp³-hybridized carbons (Fsp3) is 0.333. The molecule has 0 saturated heterocycles. The fourth-order valence-electron chi connectivity index (χ4n) is 8.37. The molecule has 1 N–H and O–H groups in total. The summed E-state index contributed by atoms with van der Waals surface area (Å²) in [5.74, 6) is 0. The molecule has 0 spiro atoms. The Kier molecular flexibility index (Phi) is 18.2. The van der Waals surface area contributed by atoms with E-state index >= 15 is 0 Å². The quantitative estimate of drug-likeness (QED) is 0.0362. The Morgan fingerprint density at radius 3 is 0.908 bits per heavy atom. The van der Waals surface area contributed by atoms with Crippen molar-refractivity contribution >= 4 is 18.7 Å². The van der Waals surface area contributed by atoms with E-state index in [1.54, 1.807) is 0 Å². The summed E-state index contributed by atoms with van der Waals surface area (Å²) in [6, 6.07) is 60.2. The van der Waals surface area contributed by atoms with Crippen LogP contribution in [0.15, 0.2) is 182 Å². The van der Waals surface area contributed by atoms with Crippen molar-refractivity contribution in [2.24, 2.45) is 0 Å². The van der Waals surface area contributed by atoms with Crippen LogP contribution in [0.1, 0.15) is 43.0 Å². The summed E-state index contributed by atoms with van der Waals surface area (Å²) in [6.45, 7) is 7.26. The van der Waals surface area contributed by atoms with Crippen molar-refractivity contribution in [3.05, 3.63) is 204 Å². The van der Waals surface area contributed by atoms with Crippen LogP contribution in [0.25, 0.3) is 0 Å². The molecule has 0 radical (unpaired) electrons. The Bertz CT molecular complexity index is 2050. The third-order valence-corrected chi connectivity index (χ3v) is 16.6. The lowest BCUT2D eigenvalue weighted by molar-refractivity contribution is -0.302. The molecule has 11 heteroatoms. The summed E-state index contributed by atoms with van der Waals surface area (Å²) < 4.78 is 59.3. The normalized spacial score (nSPS) is 20.1. The maximum atomic E-state index is 12.6. The molecule has 1 fully saturated rings. The summed E-state index contributed by atoms with van der Waals surface area (Å²) in [6.07, 6.45) is -6.26. The van der Waals surface area contributed by atoms with Crippen molar-refractivity contribution in [2.75, 3.05) is 27.2 Å². The number of aliphatic hydroxyl groups is 1. The molecule has 6 atom stereocenters. The van der Waals surface area contributed by atoms with Crippen molar-refractivity contribution in [1.29, 1.82) is 0 Å². The Morgan fingerprint density at radius 1 is 0.369 bits per heavy atom. The van der Waals surface area contributed by atoms with Crippen molar-refractivity contribution in [2.45, 2.75) is 88.9 Å². The standard InChI is InChI=1S/C54H62O10Si/c1-54(2,3)65(46-30-18-8-19-31-46,47-32-20-9-21-33-47)64-53-51(62-40-58-36-44-26-14-6-15-27-44)49(60-38-56-34-42-22-10-4-11-23-42)48(55)50(61-39-57-35-43-24-12-5-13-25-43)52(53)63-41-59-37-45-28-16-7-17-29-45/h4-33,48-53,55H,34-41H2,1-3H3/t48?,49-,50+,51-,52-,53?/m1/s1. The fourth-order valence-corrected chi connectivity index (χ4v) is 13.1. The summed E-state index contributed by atoms with van der Waals surface area (Å²) in [5, 5.41) is 14.3. The van der Waals surface area contributed by atoms with Crippen molar-refractivity contribution < 1.29 is 47.4 Å². The van der Waals surface area contributed by atoms with Gasteiger partial charge in [0.2, 0.25) is 0 Å². The van der Waals surface area contributed by atoms with Gasteiger partial charge in [-0.3, -0.25) is 0 Å². The number of benzene rings is 6. The van der Waals surface area contributed by atoms with Gasteiger partial charge in [0.15, 0.2) is 0 Å². The van der Waals surface area contributed by atoms with Gasteiger partial charge in [-0.25, -0.2) is 0 Å². The minimum absolute atomic E-state index is 0.138. The molecule has 1 saturated carbocycles. The van der Waals surface area contributed by atoms with E-state index in [0.29, 0.717) is 26.4 Å². The molecule has 10 nitrogen and oxygen atoms in total. The second kappa shape index (κ2) is 24.6. The predicted octanol–water partition coefficient (Wildman–Crippen LogP) is 8.54. The van der Waals surface area contributed by atoms with Crippen LogP contribution in [0.4, 0.5) is 0 Å². The van der Waals surface area contributed by atoms with Gasteiger partial charge in [-0.1, -0.05) is 203 Å². The summed E-state index contributed by atoms with van der Waals surface area (Å²) in [5.41, 5.74) is 3.94. The average Bonchev–Trinajstić information content (AvgIpc) is 3.34. The number of aliphatic hydroxyl groups excluding tert-OH is 1.